The summed E-state index contributed by atoms with van der Waals surface area (Å²) in [5.74, 6) is 1.21. The minimum atomic E-state index is 0.712. The highest BCUT2D eigenvalue weighted by atomic mass is 32.2. The summed E-state index contributed by atoms with van der Waals surface area (Å²) in [5, 5.41) is 0. The Kier molecular flexibility index (Phi) is 5.36. The van der Waals surface area contributed by atoms with Crippen LogP contribution in [0.5, 0.6) is 0 Å². The zero-order chi connectivity index (χ0) is 14.3. The van der Waals surface area contributed by atoms with E-state index >= 15 is 0 Å². The molecule has 1 heterocycles. The van der Waals surface area contributed by atoms with Crippen molar-refractivity contribution in [3.8, 4) is 0 Å². The third-order valence-electron chi connectivity index (χ3n) is 4.16. The number of nitrogens with zero attached hydrogens (tertiary/aromatic N) is 1. The lowest BCUT2D eigenvalue weighted by atomic mass is 10.0. The second-order valence-corrected chi connectivity index (χ2v) is 6.82. The normalized spacial score (nSPS) is 19.5. The zero-order valence-corrected chi connectivity index (χ0v) is 13.3. The van der Waals surface area contributed by atoms with Gasteiger partial charge in [0.05, 0.1) is 0 Å². The second-order valence-electron chi connectivity index (χ2n) is 5.73. The van der Waals surface area contributed by atoms with Gasteiger partial charge in [0.2, 0.25) is 0 Å². The summed E-state index contributed by atoms with van der Waals surface area (Å²) in [6.07, 6.45) is 4.07. The third-order valence-corrected chi connectivity index (χ3v) is 5.32. The largest absolute Gasteiger partial charge is 0.295 e. The van der Waals surface area contributed by atoms with Crippen molar-refractivity contribution in [2.45, 2.75) is 36.7 Å². The average molecular weight is 297 g/mol. The molecule has 1 aliphatic heterocycles. The first-order valence-corrected chi connectivity index (χ1v) is 8.86. The van der Waals surface area contributed by atoms with Gasteiger partial charge in [-0.2, -0.15) is 0 Å². The second kappa shape index (κ2) is 7.67. The lowest BCUT2D eigenvalue weighted by Crippen LogP contribution is -2.40. The van der Waals surface area contributed by atoms with Crippen LogP contribution >= 0.6 is 11.8 Å². The Hall–Kier alpha value is -1.25. The standard InChI is InChI=1S/C19H23NS/c1-3-9-17(10-4-1)15-20-14-8-7-11-18(20)16-21-19-12-5-2-6-13-19/h1-6,9-10,12-13,18H,7-8,11,14-16H2. The molecule has 1 atom stereocenters. The first kappa shape index (κ1) is 14.7. The van der Waals surface area contributed by atoms with Crippen molar-refractivity contribution in [2.75, 3.05) is 12.3 Å². The van der Waals surface area contributed by atoms with Crippen LogP contribution < -0.4 is 0 Å². The Balaban J connectivity index is 1.59. The molecule has 0 spiro atoms. The molecule has 0 amide bonds. The number of hydrogen-bond acceptors (Lipinski definition) is 2. The molecular weight excluding hydrogens is 274 g/mol. The molecule has 2 heteroatoms. The van der Waals surface area contributed by atoms with E-state index in [2.05, 4.69) is 65.6 Å². The predicted octanol–water partition coefficient (Wildman–Crippen LogP) is 4.83. The smallest absolute Gasteiger partial charge is 0.0237 e. The number of benzene rings is 2. The highest BCUT2D eigenvalue weighted by Gasteiger charge is 2.22. The summed E-state index contributed by atoms with van der Waals surface area (Å²) < 4.78 is 0. The van der Waals surface area contributed by atoms with Crippen LogP contribution in [0.4, 0.5) is 0 Å². The zero-order valence-electron chi connectivity index (χ0n) is 12.4. The van der Waals surface area contributed by atoms with Gasteiger partial charge in [-0.3, -0.25) is 4.90 Å². The molecule has 110 valence electrons. The minimum Gasteiger partial charge on any atom is -0.295 e. The Labute approximate surface area is 132 Å². The van der Waals surface area contributed by atoms with Gasteiger partial charge < -0.3 is 0 Å². The average Bonchev–Trinajstić information content (AvgIpc) is 2.56. The highest BCUT2D eigenvalue weighted by Crippen LogP contribution is 2.26. The third kappa shape index (κ3) is 4.36. The van der Waals surface area contributed by atoms with Crippen LogP contribution in [-0.2, 0) is 6.54 Å². The van der Waals surface area contributed by atoms with E-state index in [0.29, 0.717) is 6.04 Å². The van der Waals surface area contributed by atoms with Gasteiger partial charge in [0.15, 0.2) is 0 Å². The summed E-state index contributed by atoms with van der Waals surface area (Å²) in [5.41, 5.74) is 1.44. The van der Waals surface area contributed by atoms with E-state index in [1.54, 1.807) is 0 Å². The molecule has 2 aromatic rings. The van der Waals surface area contributed by atoms with Gasteiger partial charge in [0.1, 0.15) is 0 Å². The van der Waals surface area contributed by atoms with Gasteiger partial charge >= 0.3 is 0 Å². The van der Waals surface area contributed by atoms with Gasteiger partial charge in [0, 0.05) is 23.2 Å². The van der Waals surface area contributed by atoms with Gasteiger partial charge in [-0.25, -0.2) is 0 Å². The van der Waals surface area contributed by atoms with Crippen LogP contribution in [0.15, 0.2) is 65.6 Å². The molecule has 1 saturated heterocycles. The molecule has 3 rings (SSSR count). The highest BCUT2D eigenvalue weighted by molar-refractivity contribution is 7.99. The Morgan fingerprint density at radius 3 is 2.38 bits per heavy atom. The quantitative estimate of drug-likeness (QED) is 0.727. The Morgan fingerprint density at radius 2 is 1.62 bits per heavy atom. The van der Waals surface area contributed by atoms with Crippen LogP contribution in [0.2, 0.25) is 0 Å². The van der Waals surface area contributed by atoms with Crippen molar-refractivity contribution in [2.24, 2.45) is 0 Å². The van der Waals surface area contributed by atoms with Gasteiger partial charge in [0.25, 0.3) is 0 Å². The number of likely N-dealkylation sites (tertiary alicyclic amines) is 1. The van der Waals surface area contributed by atoms with E-state index in [0.717, 1.165) is 6.54 Å². The molecule has 1 aliphatic rings. The monoisotopic (exact) mass is 297 g/mol. The van der Waals surface area contributed by atoms with Crippen LogP contribution in [-0.4, -0.2) is 23.2 Å². The van der Waals surface area contributed by atoms with E-state index in [-0.39, 0.29) is 0 Å². The van der Waals surface area contributed by atoms with Crippen molar-refractivity contribution in [3.05, 3.63) is 66.2 Å². The summed E-state index contributed by atoms with van der Waals surface area (Å²) >= 11 is 2.00. The lowest BCUT2D eigenvalue weighted by Gasteiger charge is -2.35. The van der Waals surface area contributed by atoms with E-state index in [1.807, 2.05) is 11.8 Å². The number of thioether (sulfide) groups is 1. The molecule has 1 fully saturated rings. The molecule has 0 aromatic heterocycles. The fourth-order valence-corrected chi connectivity index (χ4v) is 4.10. The van der Waals surface area contributed by atoms with Crippen molar-refractivity contribution in [1.82, 2.24) is 4.90 Å². The molecule has 0 aliphatic carbocycles. The van der Waals surface area contributed by atoms with E-state index in [1.165, 1.54) is 42.0 Å². The molecule has 2 aromatic carbocycles. The van der Waals surface area contributed by atoms with Crippen molar-refractivity contribution < 1.29 is 0 Å². The molecule has 0 radical (unpaired) electrons. The molecule has 0 saturated carbocycles. The van der Waals surface area contributed by atoms with Crippen LogP contribution in [0, 0.1) is 0 Å². The van der Waals surface area contributed by atoms with Crippen molar-refractivity contribution >= 4 is 11.8 Å². The molecule has 1 nitrogen and oxygen atoms in total. The van der Waals surface area contributed by atoms with Gasteiger partial charge in [-0.05, 0) is 37.1 Å². The molecule has 21 heavy (non-hydrogen) atoms. The van der Waals surface area contributed by atoms with Crippen molar-refractivity contribution in [1.29, 1.82) is 0 Å². The lowest BCUT2D eigenvalue weighted by molar-refractivity contribution is 0.156. The molecule has 0 bridgehead atoms. The maximum Gasteiger partial charge on any atom is 0.0237 e. The van der Waals surface area contributed by atoms with Gasteiger partial charge in [-0.1, -0.05) is 55.0 Å². The van der Waals surface area contributed by atoms with E-state index < -0.39 is 0 Å². The van der Waals surface area contributed by atoms with Gasteiger partial charge in [-0.15, -0.1) is 11.8 Å². The summed E-state index contributed by atoms with van der Waals surface area (Å²) in [6, 6.07) is 22.4. The fourth-order valence-electron chi connectivity index (χ4n) is 2.98. The van der Waals surface area contributed by atoms with Crippen LogP contribution in [0.25, 0.3) is 0 Å². The van der Waals surface area contributed by atoms with E-state index in [4.69, 9.17) is 0 Å². The van der Waals surface area contributed by atoms with Crippen LogP contribution in [0.3, 0.4) is 0 Å². The summed E-state index contributed by atoms with van der Waals surface area (Å²) in [7, 11) is 0. The first-order valence-electron chi connectivity index (χ1n) is 7.87. The predicted molar refractivity (Wildman–Crippen MR) is 91.7 cm³/mol. The van der Waals surface area contributed by atoms with Crippen molar-refractivity contribution in [3.63, 3.8) is 0 Å². The Morgan fingerprint density at radius 1 is 0.905 bits per heavy atom. The van der Waals surface area contributed by atoms with E-state index in [9.17, 15) is 0 Å². The first-order chi connectivity index (χ1) is 10.4. The molecule has 1 unspecified atom stereocenters. The SMILES string of the molecule is c1ccc(CN2CCCCC2CSc2ccccc2)cc1. The number of piperidine rings is 1. The maximum atomic E-state index is 2.68. The Bertz CT molecular complexity index is 526. The molecular formula is C19H23NS. The molecule has 0 N–H and O–H groups in total. The number of rotatable bonds is 5. The fraction of sp³-hybridized carbons (Fsp3) is 0.368. The summed E-state index contributed by atoms with van der Waals surface area (Å²) in [4.78, 5) is 4.07. The minimum absolute atomic E-state index is 0.712. The maximum absolute atomic E-state index is 2.68. The topological polar surface area (TPSA) is 3.24 Å². The van der Waals surface area contributed by atoms with Crippen LogP contribution in [0.1, 0.15) is 24.8 Å². The summed E-state index contributed by atoms with van der Waals surface area (Å²) in [6.45, 7) is 2.34. The number of hydrogen-bond donors (Lipinski definition) is 0.